The second kappa shape index (κ2) is 7.33. The zero-order valence-corrected chi connectivity index (χ0v) is 11.8. The van der Waals surface area contributed by atoms with Gasteiger partial charge >= 0.3 is 5.97 Å². The quantitative estimate of drug-likeness (QED) is 0.350. The minimum atomic E-state index is -0.610. The van der Waals surface area contributed by atoms with Crippen LogP contribution in [0, 0.1) is 0 Å². The lowest BCUT2D eigenvalue weighted by molar-refractivity contribution is -0.148. The Morgan fingerprint density at radius 2 is 2.39 bits per heavy atom. The molecule has 0 radical (unpaired) electrons. The molecule has 0 aliphatic carbocycles. The summed E-state index contributed by atoms with van der Waals surface area (Å²) in [7, 11) is 3.18. The van der Waals surface area contributed by atoms with Crippen LogP contribution in [0.25, 0.3) is 0 Å². The summed E-state index contributed by atoms with van der Waals surface area (Å²) >= 11 is 1.66. The van der Waals surface area contributed by atoms with Crippen LogP contribution in [-0.2, 0) is 9.53 Å². The molecule has 1 aromatic heterocycles. The van der Waals surface area contributed by atoms with E-state index in [0.29, 0.717) is 0 Å². The average Bonchev–Trinajstić information content (AvgIpc) is 2.43. The van der Waals surface area contributed by atoms with E-state index in [2.05, 4.69) is 15.3 Å². The highest BCUT2D eigenvalue weighted by Crippen LogP contribution is 2.19. The Balaban J connectivity index is 2.34. The molecule has 0 spiro atoms. The Bertz CT molecular complexity index is 375. The molecule has 0 saturated heterocycles. The van der Waals surface area contributed by atoms with Crippen molar-refractivity contribution in [2.24, 2.45) is 0 Å². The van der Waals surface area contributed by atoms with Crippen LogP contribution < -0.4 is 5.32 Å². The van der Waals surface area contributed by atoms with Gasteiger partial charge in [-0.15, -0.1) is 11.8 Å². The maximum Gasteiger partial charge on any atom is 0.325 e. The summed E-state index contributed by atoms with van der Waals surface area (Å²) < 4.78 is 4.79. The van der Waals surface area contributed by atoms with Gasteiger partial charge in [-0.3, -0.25) is 4.79 Å². The molecular formula is C12H19N3O2S. The molecule has 6 heteroatoms. The summed E-state index contributed by atoms with van der Waals surface area (Å²) in [6.07, 6.45) is 4.89. The van der Waals surface area contributed by atoms with Crippen molar-refractivity contribution in [2.45, 2.75) is 30.3 Å². The standard InChI is InChI=1S/C12H19N3O2S/c1-12(13-2,11(16)17-3)6-4-8-18-10-5-7-14-9-15-10/h5,7,9,13H,4,6,8H2,1-3H3. The van der Waals surface area contributed by atoms with Crippen molar-refractivity contribution in [1.29, 1.82) is 0 Å². The van der Waals surface area contributed by atoms with E-state index in [4.69, 9.17) is 4.74 Å². The smallest absolute Gasteiger partial charge is 0.325 e. The number of nitrogens with one attached hydrogen (secondary N) is 1. The molecule has 5 nitrogen and oxygen atoms in total. The predicted octanol–water partition coefficient (Wildman–Crippen LogP) is 1.50. The first kappa shape index (κ1) is 14.9. The average molecular weight is 269 g/mol. The van der Waals surface area contributed by atoms with Crippen molar-refractivity contribution in [3.05, 3.63) is 18.6 Å². The number of esters is 1. The fraction of sp³-hybridized carbons (Fsp3) is 0.583. The molecule has 1 unspecified atom stereocenters. The van der Waals surface area contributed by atoms with Gasteiger partial charge in [0, 0.05) is 6.20 Å². The van der Waals surface area contributed by atoms with E-state index in [1.165, 1.54) is 13.4 Å². The SMILES string of the molecule is CNC(C)(CCCSc1ccncn1)C(=O)OC. The number of rotatable bonds is 7. The molecule has 0 saturated carbocycles. The number of thioether (sulfide) groups is 1. The molecule has 0 aromatic carbocycles. The Kier molecular flexibility index (Phi) is 6.07. The highest BCUT2D eigenvalue weighted by Gasteiger charge is 2.31. The van der Waals surface area contributed by atoms with Crippen LogP contribution in [0.2, 0.25) is 0 Å². The maximum absolute atomic E-state index is 11.6. The third kappa shape index (κ3) is 4.27. The number of likely N-dealkylation sites (N-methyl/N-ethyl adjacent to an activating group) is 1. The van der Waals surface area contributed by atoms with Gasteiger partial charge < -0.3 is 10.1 Å². The van der Waals surface area contributed by atoms with Crippen LogP contribution in [0.5, 0.6) is 0 Å². The van der Waals surface area contributed by atoms with Crippen molar-refractivity contribution in [1.82, 2.24) is 15.3 Å². The largest absolute Gasteiger partial charge is 0.468 e. The molecule has 1 N–H and O–H groups in total. The van der Waals surface area contributed by atoms with Gasteiger partial charge in [0.25, 0.3) is 0 Å². The molecule has 1 rings (SSSR count). The van der Waals surface area contributed by atoms with Crippen molar-refractivity contribution in [2.75, 3.05) is 19.9 Å². The number of aromatic nitrogens is 2. The molecule has 1 atom stereocenters. The van der Waals surface area contributed by atoms with Crippen LogP contribution >= 0.6 is 11.8 Å². The van der Waals surface area contributed by atoms with Crippen LogP contribution in [0.1, 0.15) is 19.8 Å². The summed E-state index contributed by atoms with van der Waals surface area (Å²) in [6, 6.07) is 1.88. The minimum absolute atomic E-state index is 0.225. The third-order valence-corrected chi connectivity index (χ3v) is 3.84. The van der Waals surface area contributed by atoms with Crippen molar-refractivity contribution < 1.29 is 9.53 Å². The lowest BCUT2D eigenvalue weighted by atomic mass is 9.97. The highest BCUT2D eigenvalue weighted by atomic mass is 32.2. The first-order chi connectivity index (χ1) is 8.62. The third-order valence-electron chi connectivity index (χ3n) is 2.81. The number of ether oxygens (including phenoxy) is 1. The predicted molar refractivity (Wildman–Crippen MR) is 71.5 cm³/mol. The molecule has 1 heterocycles. The molecule has 18 heavy (non-hydrogen) atoms. The Morgan fingerprint density at radius 3 is 2.94 bits per heavy atom. The fourth-order valence-corrected chi connectivity index (χ4v) is 2.30. The lowest BCUT2D eigenvalue weighted by Gasteiger charge is -2.25. The van der Waals surface area contributed by atoms with Gasteiger partial charge in [0.05, 0.1) is 12.1 Å². The number of carbonyl (C=O) groups excluding carboxylic acids is 1. The zero-order chi connectivity index (χ0) is 13.4. The number of methoxy groups -OCH3 is 1. The minimum Gasteiger partial charge on any atom is -0.468 e. The molecule has 0 aliphatic heterocycles. The van der Waals surface area contributed by atoms with E-state index in [9.17, 15) is 4.79 Å². The van der Waals surface area contributed by atoms with E-state index in [-0.39, 0.29) is 5.97 Å². The summed E-state index contributed by atoms with van der Waals surface area (Å²) in [4.78, 5) is 19.6. The summed E-state index contributed by atoms with van der Waals surface area (Å²) in [5.74, 6) is 0.683. The van der Waals surface area contributed by atoms with Gasteiger partial charge in [-0.2, -0.15) is 0 Å². The highest BCUT2D eigenvalue weighted by molar-refractivity contribution is 7.99. The van der Waals surface area contributed by atoms with Crippen molar-refractivity contribution >= 4 is 17.7 Å². The van der Waals surface area contributed by atoms with Gasteiger partial charge in [0.1, 0.15) is 11.9 Å². The van der Waals surface area contributed by atoms with Gasteiger partial charge in [0.15, 0.2) is 0 Å². The van der Waals surface area contributed by atoms with Crippen LogP contribution in [0.3, 0.4) is 0 Å². The fourth-order valence-electron chi connectivity index (χ4n) is 1.52. The second-order valence-corrected chi connectivity index (χ2v) is 5.19. The summed E-state index contributed by atoms with van der Waals surface area (Å²) in [6.45, 7) is 1.86. The van der Waals surface area contributed by atoms with Crippen molar-refractivity contribution in [3.63, 3.8) is 0 Å². The Hall–Kier alpha value is -1.14. The van der Waals surface area contributed by atoms with Crippen LogP contribution in [-0.4, -0.2) is 41.4 Å². The first-order valence-corrected chi connectivity index (χ1v) is 6.77. The van der Waals surface area contributed by atoms with Gasteiger partial charge in [-0.05, 0) is 38.6 Å². The normalized spacial score (nSPS) is 13.9. The monoisotopic (exact) mass is 269 g/mol. The number of hydrogen-bond acceptors (Lipinski definition) is 6. The second-order valence-electron chi connectivity index (χ2n) is 4.07. The molecule has 0 amide bonds. The number of nitrogens with zero attached hydrogens (tertiary/aromatic N) is 2. The van der Waals surface area contributed by atoms with E-state index in [0.717, 1.165) is 23.6 Å². The topological polar surface area (TPSA) is 64.1 Å². The van der Waals surface area contributed by atoms with Gasteiger partial charge in [-0.1, -0.05) is 0 Å². The van der Waals surface area contributed by atoms with E-state index < -0.39 is 5.54 Å². The number of hydrogen-bond donors (Lipinski definition) is 1. The van der Waals surface area contributed by atoms with E-state index in [1.54, 1.807) is 25.0 Å². The lowest BCUT2D eigenvalue weighted by Crippen LogP contribution is -2.48. The van der Waals surface area contributed by atoms with Crippen molar-refractivity contribution in [3.8, 4) is 0 Å². The van der Waals surface area contributed by atoms with Crippen LogP contribution in [0.15, 0.2) is 23.6 Å². The summed E-state index contributed by atoms with van der Waals surface area (Å²) in [5.41, 5.74) is -0.610. The Morgan fingerprint density at radius 1 is 1.61 bits per heavy atom. The first-order valence-electron chi connectivity index (χ1n) is 5.78. The molecule has 100 valence electrons. The number of carbonyl (C=O) groups is 1. The van der Waals surface area contributed by atoms with Crippen LogP contribution in [0.4, 0.5) is 0 Å². The Labute approximate surface area is 112 Å². The molecule has 0 bridgehead atoms. The zero-order valence-electron chi connectivity index (χ0n) is 11.0. The molecule has 0 fully saturated rings. The van der Waals surface area contributed by atoms with Gasteiger partial charge in [0.2, 0.25) is 0 Å². The molecule has 0 aliphatic rings. The summed E-state index contributed by atoms with van der Waals surface area (Å²) in [5, 5.41) is 3.97. The molecule has 1 aromatic rings. The molecular weight excluding hydrogens is 250 g/mol. The van der Waals surface area contributed by atoms with E-state index >= 15 is 0 Å². The van der Waals surface area contributed by atoms with E-state index in [1.807, 2.05) is 13.0 Å². The maximum atomic E-state index is 11.6. The van der Waals surface area contributed by atoms with Gasteiger partial charge in [-0.25, -0.2) is 9.97 Å².